The largest absolute Gasteiger partial charge is 0.872 e. The molecule has 2 aliphatic heterocycles. The number of aromatic nitrogens is 2. The van der Waals surface area contributed by atoms with Crippen molar-refractivity contribution in [2.75, 3.05) is 26.9 Å². The van der Waals surface area contributed by atoms with Gasteiger partial charge in [0, 0.05) is 18.5 Å². The average molecular weight is 570 g/mol. The highest BCUT2D eigenvalue weighted by molar-refractivity contribution is 9.10. The Balaban J connectivity index is 1.59. The third-order valence-corrected chi connectivity index (χ3v) is 6.94. The minimum atomic E-state index is -0.970. The molecule has 3 heterocycles. The average Bonchev–Trinajstić information content (AvgIpc) is 3.52. The molecule has 1 atom stereocenters. The number of H-pyrrole nitrogens is 1. The lowest BCUT2D eigenvalue weighted by atomic mass is 9.94. The van der Waals surface area contributed by atoms with Gasteiger partial charge >= 0.3 is 0 Å². The number of imidazole rings is 1. The highest BCUT2D eigenvalue weighted by Gasteiger charge is 2.44. The number of halogens is 1. The summed E-state index contributed by atoms with van der Waals surface area (Å²) in [6.45, 7) is 1.57. The smallest absolute Gasteiger partial charge is 0.295 e. The summed E-state index contributed by atoms with van der Waals surface area (Å²) in [5, 5.41) is 24.1. The molecule has 10 nitrogen and oxygen atoms in total. The highest BCUT2D eigenvalue weighted by Crippen LogP contribution is 2.44. The number of methoxy groups -OCH3 is 1. The van der Waals surface area contributed by atoms with Gasteiger partial charge in [0.2, 0.25) is 12.1 Å². The number of ketones is 1. The fraction of sp³-hybridized carbons (Fsp3) is 0.269. The number of hydrogen-bond acceptors (Lipinski definition) is 7. The van der Waals surface area contributed by atoms with E-state index in [9.17, 15) is 19.8 Å². The molecule has 2 aliphatic rings. The Bertz CT molecular complexity index is 1390. The number of aryl methyl sites for hydroxylation is 1. The number of carbonyl (C=O) groups is 2. The third-order valence-electron chi connectivity index (χ3n) is 6.34. The molecule has 0 aliphatic carbocycles. The number of phenolic OH excluding ortho intramolecular Hbond substituents is 1. The van der Waals surface area contributed by atoms with Crippen LogP contribution in [0.15, 0.2) is 59.1 Å². The summed E-state index contributed by atoms with van der Waals surface area (Å²) < 4.78 is 18.7. The maximum atomic E-state index is 13.8. The summed E-state index contributed by atoms with van der Waals surface area (Å²) in [7, 11) is 1.40. The van der Waals surface area contributed by atoms with Crippen LogP contribution in [-0.4, -0.2) is 53.5 Å². The summed E-state index contributed by atoms with van der Waals surface area (Å²) in [4.78, 5) is 30.9. The summed E-state index contributed by atoms with van der Waals surface area (Å²) in [5.74, 6) is -1.27. The number of hydrogen-bond donors (Lipinski definition) is 2. The van der Waals surface area contributed by atoms with E-state index >= 15 is 0 Å². The van der Waals surface area contributed by atoms with E-state index in [-0.39, 0.29) is 29.2 Å². The van der Waals surface area contributed by atoms with Crippen molar-refractivity contribution in [1.82, 2.24) is 9.88 Å². The standard InChI is InChI=1S/C26H24BrN3O7/c1-35-20-13-16(11-17(27)24(20)32)22-21(23(31)15-3-4-18-19(12-15)37-10-9-36-18)25(33)26(34)30(22)7-2-6-29-8-5-28-14-29/h3-5,8,11-14,22H,2,6-7,9-10H2,1H3,(H2,31,32,33). The molecule has 0 saturated carbocycles. The van der Waals surface area contributed by atoms with Crippen LogP contribution in [-0.2, 0) is 16.1 Å². The molecule has 2 N–H and O–H groups in total. The van der Waals surface area contributed by atoms with Gasteiger partial charge in [-0.1, -0.05) is 11.8 Å². The molecule has 37 heavy (non-hydrogen) atoms. The molecule has 192 valence electrons. The molecular formula is C26H24BrN3O7. The lowest BCUT2D eigenvalue weighted by molar-refractivity contribution is -0.695. The van der Waals surface area contributed by atoms with Gasteiger partial charge < -0.3 is 29.3 Å². The molecule has 2 aromatic carbocycles. The van der Waals surface area contributed by atoms with E-state index in [1.807, 2.05) is 10.8 Å². The molecule has 1 amide bonds. The minimum absolute atomic E-state index is 0.128. The number of aromatic hydroxyl groups is 1. The van der Waals surface area contributed by atoms with Crippen molar-refractivity contribution in [2.24, 2.45) is 0 Å². The first kappa shape index (κ1) is 24.7. The molecule has 3 aromatic rings. The third kappa shape index (κ3) is 4.62. The SMILES string of the molecule is COc1cc(C2/C(=C(\[O-])c3ccc4c(c3)OCCO4)C(=O)C(=O)N2CCC[n+]2cc[nH]c2)cc(Br)c1O. The van der Waals surface area contributed by atoms with Gasteiger partial charge in [-0.15, -0.1) is 0 Å². The van der Waals surface area contributed by atoms with E-state index in [0.717, 1.165) is 0 Å². The second-order valence-electron chi connectivity index (χ2n) is 8.59. The van der Waals surface area contributed by atoms with Crippen LogP contribution >= 0.6 is 15.9 Å². The minimum Gasteiger partial charge on any atom is -0.872 e. The van der Waals surface area contributed by atoms with Gasteiger partial charge in [0.1, 0.15) is 25.6 Å². The number of fused-ring (bicyclic) bond motifs is 1. The van der Waals surface area contributed by atoms with Gasteiger partial charge in [-0.25, -0.2) is 4.57 Å². The Labute approximate surface area is 220 Å². The van der Waals surface area contributed by atoms with Crippen LogP contribution in [0.3, 0.4) is 0 Å². The number of benzene rings is 2. The molecule has 11 heteroatoms. The summed E-state index contributed by atoms with van der Waals surface area (Å²) in [6.07, 6.45) is 5.98. The first-order valence-corrected chi connectivity index (χ1v) is 12.4. The van der Waals surface area contributed by atoms with E-state index in [1.54, 1.807) is 30.7 Å². The van der Waals surface area contributed by atoms with Crippen LogP contribution in [0.4, 0.5) is 0 Å². The van der Waals surface area contributed by atoms with Gasteiger partial charge in [0.25, 0.3) is 5.91 Å². The van der Waals surface area contributed by atoms with E-state index < -0.39 is 23.5 Å². The summed E-state index contributed by atoms with van der Waals surface area (Å²) in [5.41, 5.74) is 0.492. The van der Waals surface area contributed by atoms with Crippen molar-refractivity contribution >= 4 is 33.4 Å². The first-order valence-electron chi connectivity index (χ1n) is 11.6. The van der Waals surface area contributed by atoms with Crippen LogP contribution in [0.25, 0.3) is 5.76 Å². The summed E-state index contributed by atoms with van der Waals surface area (Å²) in [6, 6.07) is 6.83. The van der Waals surface area contributed by atoms with Gasteiger partial charge in [-0.3, -0.25) is 14.6 Å². The quantitative estimate of drug-likeness (QED) is 0.192. The Kier molecular flexibility index (Phi) is 6.79. The number of rotatable bonds is 7. The number of aromatic amines is 1. The van der Waals surface area contributed by atoms with E-state index in [0.29, 0.717) is 47.7 Å². The van der Waals surface area contributed by atoms with Gasteiger partial charge in [-0.2, -0.15) is 0 Å². The van der Waals surface area contributed by atoms with Crippen molar-refractivity contribution in [3.8, 4) is 23.0 Å². The van der Waals surface area contributed by atoms with Crippen LogP contribution in [0, 0.1) is 0 Å². The monoisotopic (exact) mass is 569 g/mol. The lowest BCUT2D eigenvalue weighted by Gasteiger charge is -2.28. The zero-order valence-corrected chi connectivity index (χ0v) is 21.5. The maximum absolute atomic E-state index is 13.8. The Morgan fingerprint density at radius 1 is 1.24 bits per heavy atom. The number of ether oxygens (including phenoxy) is 3. The van der Waals surface area contributed by atoms with Gasteiger partial charge in [-0.05, 0) is 51.3 Å². The Hall–Kier alpha value is -3.99. The first-order chi connectivity index (χ1) is 17.9. The van der Waals surface area contributed by atoms with Crippen molar-refractivity contribution in [3.63, 3.8) is 0 Å². The van der Waals surface area contributed by atoms with Crippen molar-refractivity contribution in [3.05, 3.63) is 70.2 Å². The molecule has 0 spiro atoms. The van der Waals surface area contributed by atoms with Crippen LogP contribution in [0.1, 0.15) is 23.6 Å². The fourth-order valence-corrected chi connectivity index (χ4v) is 5.04. The molecular weight excluding hydrogens is 546 g/mol. The molecule has 0 radical (unpaired) electrons. The number of phenols is 1. The molecule has 1 aromatic heterocycles. The van der Waals surface area contributed by atoms with Crippen LogP contribution < -0.4 is 23.9 Å². The number of amides is 1. The molecule has 1 unspecified atom stereocenters. The van der Waals surface area contributed by atoms with Crippen LogP contribution in [0.2, 0.25) is 0 Å². The number of likely N-dealkylation sites (tertiary alicyclic amines) is 1. The predicted molar refractivity (Wildman–Crippen MR) is 132 cm³/mol. The topological polar surface area (TPSA) is 128 Å². The highest BCUT2D eigenvalue weighted by atomic mass is 79.9. The van der Waals surface area contributed by atoms with Crippen molar-refractivity contribution in [2.45, 2.75) is 19.0 Å². The number of Topliss-reactive ketones (excluding diaryl/α,β-unsaturated/α-hetero) is 1. The number of nitrogens with one attached hydrogen (secondary N) is 1. The summed E-state index contributed by atoms with van der Waals surface area (Å²) >= 11 is 3.31. The van der Waals surface area contributed by atoms with Gasteiger partial charge in [0.15, 0.2) is 23.0 Å². The van der Waals surface area contributed by atoms with Gasteiger partial charge in [0.05, 0.1) is 24.2 Å². The molecule has 5 rings (SSSR count). The van der Waals surface area contributed by atoms with E-state index in [2.05, 4.69) is 20.9 Å². The van der Waals surface area contributed by atoms with E-state index in [4.69, 9.17) is 14.2 Å². The molecule has 1 fully saturated rings. The molecule has 1 saturated heterocycles. The zero-order chi connectivity index (χ0) is 26.1. The number of nitrogens with zero attached hydrogens (tertiary/aromatic N) is 2. The maximum Gasteiger partial charge on any atom is 0.295 e. The Morgan fingerprint density at radius 3 is 2.76 bits per heavy atom. The second-order valence-corrected chi connectivity index (χ2v) is 9.44. The van der Waals surface area contributed by atoms with Crippen LogP contribution in [0.5, 0.6) is 23.0 Å². The second kappa shape index (κ2) is 10.2. The van der Waals surface area contributed by atoms with Crippen molar-refractivity contribution in [1.29, 1.82) is 0 Å². The number of carbonyl (C=O) groups excluding carboxylic acids is 2. The van der Waals surface area contributed by atoms with Crippen molar-refractivity contribution < 1.29 is 38.6 Å². The Morgan fingerprint density at radius 2 is 2.03 bits per heavy atom. The lowest BCUT2D eigenvalue weighted by Crippen LogP contribution is -2.36. The molecule has 0 bridgehead atoms. The normalized spacial score (nSPS) is 18.3. The zero-order valence-electron chi connectivity index (χ0n) is 19.9. The van der Waals surface area contributed by atoms with E-state index in [1.165, 1.54) is 24.1 Å². The predicted octanol–water partition coefficient (Wildman–Crippen LogP) is 1.86. The fourth-order valence-electron chi connectivity index (χ4n) is 4.58.